The first-order valence-electron chi connectivity index (χ1n) is 5.41. The van der Waals surface area contributed by atoms with Crippen LogP contribution >= 0.6 is 11.3 Å². The van der Waals surface area contributed by atoms with Crippen molar-refractivity contribution in [3.05, 3.63) is 40.7 Å². The van der Waals surface area contributed by atoms with Gasteiger partial charge in [0, 0.05) is 5.38 Å². The van der Waals surface area contributed by atoms with E-state index in [0.717, 1.165) is 23.5 Å². The smallest absolute Gasteiger partial charge is 0.339 e. The second kappa shape index (κ2) is 5.66. The summed E-state index contributed by atoms with van der Waals surface area (Å²) in [4.78, 5) is 27.2. The SMILES string of the molecule is COC(=O)c1ccc(F)cc1NC(=O)c1csc(N)n1. The molecule has 0 aliphatic carbocycles. The molecule has 1 amide bonds. The topological polar surface area (TPSA) is 94.3 Å². The number of hydrogen-bond acceptors (Lipinski definition) is 6. The maximum Gasteiger partial charge on any atom is 0.339 e. The fraction of sp³-hybridized carbons (Fsp3) is 0.0833. The number of nitrogens with two attached hydrogens (primary N) is 1. The predicted molar refractivity (Wildman–Crippen MR) is 72.2 cm³/mol. The molecule has 0 radical (unpaired) electrons. The molecule has 0 atom stereocenters. The third-order valence-corrected chi connectivity index (χ3v) is 3.06. The minimum absolute atomic E-state index is 0.00780. The molecule has 0 aliphatic rings. The van der Waals surface area contributed by atoms with Gasteiger partial charge in [0.05, 0.1) is 18.4 Å². The molecule has 3 N–H and O–H groups in total. The fourth-order valence-corrected chi connectivity index (χ4v) is 2.03. The lowest BCUT2D eigenvalue weighted by Crippen LogP contribution is -2.16. The molecule has 0 aliphatic heterocycles. The molecule has 1 heterocycles. The van der Waals surface area contributed by atoms with Crippen LogP contribution in [0, 0.1) is 5.82 Å². The molecule has 20 heavy (non-hydrogen) atoms. The van der Waals surface area contributed by atoms with Crippen LogP contribution in [0.5, 0.6) is 0 Å². The van der Waals surface area contributed by atoms with Crippen molar-refractivity contribution in [3.8, 4) is 0 Å². The largest absolute Gasteiger partial charge is 0.465 e. The van der Waals surface area contributed by atoms with Crippen LogP contribution in [0.2, 0.25) is 0 Å². The third-order valence-electron chi connectivity index (χ3n) is 2.39. The van der Waals surface area contributed by atoms with Gasteiger partial charge in [-0.2, -0.15) is 0 Å². The van der Waals surface area contributed by atoms with Gasteiger partial charge in [-0.3, -0.25) is 4.79 Å². The number of nitrogen functional groups attached to an aromatic ring is 1. The zero-order chi connectivity index (χ0) is 14.7. The quantitative estimate of drug-likeness (QED) is 0.843. The number of thiazole rings is 1. The van der Waals surface area contributed by atoms with Crippen molar-refractivity contribution < 1.29 is 18.7 Å². The number of esters is 1. The summed E-state index contributed by atoms with van der Waals surface area (Å²) < 4.78 is 17.8. The molecular formula is C12H10FN3O3S. The molecule has 2 rings (SSSR count). The van der Waals surface area contributed by atoms with Gasteiger partial charge in [-0.05, 0) is 18.2 Å². The Hall–Kier alpha value is -2.48. The van der Waals surface area contributed by atoms with E-state index in [9.17, 15) is 14.0 Å². The van der Waals surface area contributed by atoms with Crippen LogP contribution < -0.4 is 11.1 Å². The molecule has 8 heteroatoms. The average molecular weight is 295 g/mol. The number of amides is 1. The summed E-state index contributed by atoms with van der Waals surface area (Å²) in [5, 5.41) is 4.10. The summed E-state index contributed by atoms with van der Waals surface area (Å²) >= 11 is 1.10. The number of anilines is 2. The number of carbonyl (C=O) groups excluding carboxylic acids is 2. The molecule has 1 aromatic heterocycles. The third kappa shape index (κ3) is 2.91. The van der Waals surface area contributed by atoms with Crippen LogP contribution in [0.25, 0.3) is 0 Å². The lowest BCUT2D eigenvalue weighted by molar-refractivity contribution is 0.0602. The molecule has 0 bridgehead atoms. The van der Waals surface area contributed by atoms with Crippen molar-refractivity contribution in [1.29, 1.82) is 0 Å². The van der Waals surface area contributed by atoms with E-state index in [2.05, 4.69) is 15.0 Å². The van der Waals surface area contributed by atoms with Gasteiger partial charge in [0.1, 0.15) is 11.5 Å². The maximum absolute atomic E-state index is 13.2. The summed E-state index contributed by atoms with van der Waals surface area (Å²) in [7, 11) is 1.19. The Balaban J connectivity index is 2.30. The minimum Gasteiger partial charge on any atom is -0.465 e. The van der Waals surface area contributed by atoms with Crippen molar-refractivity contribution in [2.24, 2.45) is 0 Å². The highest BCUT2D eigenvalue weighted by atomic mass is 32.1. The number of benzene rings is 1. The molecule has 0 spiro atoms. The van der Waals surface area contributed by atoms with Gasteiger partial charge in [-0.1, -0.05) is 0 Å². The lowest BCUT2D eigenvalue weighted by Gasteiger charge is -2.08. The highest BCUT2D eigenvalue weighted by Crippen LogP contribution is 2.20. The second-order valence-corrected chi connectivity index (χ2v) is 4.60. The molecule has 6 nitrogen and oxygen atoms in total. The highest BCUT2D eigenvalue weighted by Gasteiger charge is 2.17. The van der Waals surface area contributed by atoms with Gasteiger partial charge >= 0.3 is 5.97 Å². The van der Waals surface area contributed by atoms with E-state index in [4.69, 9.17) is 5.73 Å². The summed E-state index contributed by atoms with van der Waals surface area (Å²) in [5.74, 6) is -1.86. The number of aromatic nitrogens is 1. The summed E-state index contributed by atoms with van der Waals surface area (Å²) in [6.45, 7) is 0. The molecule has 104 valence electrons. The molecule has 0 saturated heterocycles. The maximum atomic E-state index is 13.2. The molecule has 0 saturated carbocycles. The number of nitrogens with one attached hydrogen (secondary N) is 1. The minimum atomic E-state index is -0.682. The Bertz CT molecular complexity index is 672. The first kappa shape index (κ1) is 13.9. The molecule has 0 fully saturated rings. The number of halogens is 1. The summed E-state index contributed by atoms with van der Waals surface area (Å²) in [6, 6.07) is 3.36. The van der Waals surface area contributed by atoms with Crippen molar-refractivity contribution in [2.75, 3.05) is 18.2 Å². The molecule has 0 unspecified atom stereocenters. The van der Waals surface area contributed by atoms with Crippen molar-refractivity contribution >= 4 is 34.0 Å². The molecule has 1 aromatic carbocycles. The van der Waals surface area contributed by atoms with Crippen molar-refractivity contribution in [2.45, 2.75) is 0 Å². The fourth-order valence-electron chi connectivity index (χ4n) is 1.49. The summed E-state index contributed by atoms with van der Waals surface area (Å²) in [6.07, 6.45) is 0. The highest BCUT2D eigenvalue weighted by molar-refractivity contribution is 7.13. The lowest BCUT2D eigenvalue weighted by atomic mass is 10.1. The number of carbonyl (C=O) groups is 2. The zero-order valence-electron chi connectivity index (χ0n) is 10.3. The van der Waals surface area contributed by atoms with Gasteiger partial charge in [0.25, 0.3) is 5.91 Å². The van der Waals surface area contributed by atoms with Crippen LogP contribution in [0.3, 0.4) is 0 Å². The number of hydrogen-bond donors (Lipinski definition) is 2. The number of methoxy groups -OCH3 is 1. The average Bonchev–Trinajstić information content (AvgIpc) is 2.85. The van der Waals surface area contributed by atoms with Gasteiger partial charge in [0.15, 0.2) is 5.13 Å². The van der Waals surface area contributed by atoms with Crippen LogP contribution in [0.1, 0.15) is 20.8 Å². The van der Waals surface area contributed by atoms with E-state index in [1.54, 1.807) is 0 Å². The van der Waals surface area contributed by atoms with Crippen LogP contribution in [-0.2, 0) is 4.74 Å². The van der Waals surface area contributed by atoms with Gasteiger partial charge in [0.2, 0.25) is 0 Å². The molecular weight excluding hydrogens is 285 g/mol. The Morgan fingerprint density at radius 3 is 2.80 bits per heavy atom. The Morgan fingerprint density at radius 1 is 1.45 bits per heavy atom. The van der Waals surface area contributed by atoms with E-state index in [1.807, 2.05) is 0 Å². The van der Waals surface area contributed by atoms with E-state index in [-0.39, 0.29) is 22.1 Å². The Kier molecular flexibility index (Phi) is 3.94. The normalized spacial score (nSPS) is 10.1. The number of rotatable bonds is 3. The first-order chi connectivity index (χ1) is 9.51. The second-order valence-electron chi connectivity index (χ2n) is 3.71. The van der Waals surface area contributed by atoms with Crippen molar-refractivity contribution in [3.63, 3.8) is 0 Å². The van der Waals surface area contributed by atoms with E-state index in [0.29, 0.717) is 0 Å². The van der Waals surface area contributed by atoms with Gasteiger partial charge in [-0.25, -0.2) is 14.2 Å². The number of ether oxygens (including phenoxy) is 1. The summed E-state index contributed by atoms with van der Waals surface area (Å²) in [5.41, 5.74) is 5.57. The Labute approximate surface area is 117 Å². The monoisotopic (exact) mass is 295 g/mol. The van der Waals surface area contributed by atoms with E-state index >= 15 is 0 Å². The number of nitrogens with zero attached hydrogens (tertiary/aromatic N) is 1. The van der Waals surface area contributed by atoms with E-state index in [1.165, 1.54) is 18.6 Å². The van der Waals surface area contributed by atoms with Crippen molar-refractivity contribution in [1.82, 2.24) is 4.98 Å². The van der Waals surface area contributed by atoms with E-state index < -0.39 is 17.7 Å². The standard InChI is InChI=1S/C12H10FN3O3S/c1-19-11(18)7-3-2-6(13)4-8(7)15-10(17)9-5-20-12(14)16-9/h2-5H,1H3,(H2,14,16)(H,15,17). The van der Waals surface area contributed by atoms with Gasteiger partial charge < -0.3 is 15.8 Å². The molecule has 2 aromatic rings. The van der Waals surface area contributed by atoms with Crippen LogP contribution in [-0.4, -0.2) is 24.0 Å². The Morgan fingerprint density at radius 2 is 2.20 bits per heavy atom. The predicted octanol–water partition coefficient (Wildman–Crippen LogP) is 1.90. The van der Waals surface area contributed by atoms with Crippen LogP contribution in [0.4, 0.5) is 15.2 Å². The zero-order valence-corrected chi connectivity index (χ0v) is 11.2. The van der Waals surface area contributed by atoms with Crippen LogP contribution in [0.15, 0.2) is 23.6 Å². The van der Waals surface area contributed by atoms with Gasteiger partial charge in [-0.15, -0.1) is 11.3 Å². The first-order valence-corrected chi connectivity index (χ1v) is 6.29.